The van der Waals surface area contributed by atoms with Crippen molar-refractivity contribution in [2.45, 2.75) is 32.1 Å². The molecule has 1 aliphatic carbocycles. The third kappa shape index (κ3) is 3.74. The lowest BCUT2D eigenvalue weighted by Crippen LogP contribution is -2.23. The quantitative estimate of drug-likeness (QED) is 0.211. The second kappa shape index (κ2) is 9.55. The molecule has 0 radical (unpaired) electrons. The number of thiophene rings is 1. The van der Waals surface area contributed by atoms with E-state index in [4.69, 9.17) is 0 Å². The van der Waals surface area contributed by atoms with Gasteiger partial charge in [0.2, 0.25) is 0 Å². The van der Waals surface area contributed by atoms with Gasteiger partial charge in [-0.3, -0.25) is 0 Å². The fourth-order valence-electron chi connectivity index (χ4n) is 6.64. The van der Waals surface area contributed by atoms with E-state index in [1.165, 1.54) is 60.5 Å². The summed E-state index contributed by atoms with van der Waals surface area (Å²) in [5.41, 5.74) is 10.6. The van der Waals surface area contributed by atoms with E-state index < -0.39 is 0 Å². The third-order valence-electron chi connectivity index (χ3n) is 8.64. The van der Waals surface area contributed by atoms with Crippen molar-refractivity contribution in [3.63, 3.8) is 0 Å². The molecule has 0 N–H and O–H groups in total. The van der Waals surface area contributed by atoms with E-state index in [0.29, 0.717) is 0 Å². The molecule has 1 aromatic heterocycles. The van der Waals surface area contributed by atoms with Gasteiger partial charge in [-0.15, -0.1) is 11.3 Å². The molecule has 5 aromatic carbocycles. The Balaban J connectivity index is 1.44. The van der Waals surface area contributed by atoms with Crippen molar-refractivity contribution in [3.8, 4) is 21.6 Å². The summed E-state index contributed by atoms with van der Waals surface area (Å²) in [6.45, 7) is 4.71. The summed E-state index contributed by atoms with van der Waals surface area (Å²) in [7, 11) is 0. The summed E-state index contributed by atoms with van der Waals surface area (Å²) in [4.78, 5) is 3.76. The monoisotopic (exact) mass is 521 g/mol. The number of para-hydroxylation sites is 1. The number of hydrogen-bond donors (Lipinski definition) is 0. The molecule has 190 valence electrons. The molecule has 6 aromatic rings. The van der Waals surface area contributed by atoms with Gasteiger partial charge in [-0.2, -0.15) is 0 Å². The highest BCUT2D eigenvalue weighted by Crippen LogP contribution is 2.55. The van der Waals surface area contributed by atoms with Crippen LogP contribution in [0.1, 0.15) is 37.8 Å². The highest BCUT2D eigenvalue weighted by Gasteiger charge is 2.41. The van der Waals surface area contributed by atoms with Gasteiger partial charge in [0.15, 0.2) is 0 Å². The van der Waals surface area contributed by atoms with Gasteiger partial charge in [-0.25, -0.2) is 0 Å². The Morgan fingerprint density at radius 1 is 0.615 bits per heavy atom. The number of nitrogens with zero attached hydrogens (tertiary/aromatic N) is 1. The van der Waals surface area contributed by atoms with E-state index in [-0.39, 0.29) is 5.41 Å². The van der Waals surface area contributed by atoms with Crippen molar-refractivity contribution in [2.24, 2.45) is 0 Å². The normalized spacial score (nSPS) is 13.3. The standard InChI is InChI=1S/C37H31NS/c1-3-37(4-2)33-24-27(36-18-11-23-39-36)19-21-31(33)32-22-20-29(25-34(32)37)38(28-14-6-5-7-15-28)35-17-10-13-26-12-8-9-16-30(26)35/h5-25H,3-4H2,1-2H3. The van der Waals surface area contributed by atoms with E-state index in [0.717, 1.165) is 12.8 Å². The van der Waals surface area contributed by atoms with Crippen LogP contribution in [0.5, 0.6) is 0 Å². The van der Waals surface area contributed by atoms with Gasteiger partial charge in [0.25, 0.3) is 0 Å². The number of anilines is 3. The lowest BCUT2D eigenvalue weighted by Gasteiger charge is -2.32. The first kappa shape index (κ1) is 23.9. The molecule has 39 heavy (non-hydrogen) atoms. The van der Waals surface area contributed by atoms with Crippen molar-refractivity contribution in [3.05, 3.63) is 138 Å². The minimum atomic E-state index is -0.00490. The van der Waals surface area contributed by atoms with E-state index in [9.17, 15) is 0 Å². The maximum Gasteiger partial charge on any atom is 0.0540 e. The molecule has 7 rings (SSSR count). The number of fused-ring (bicyclic) bond motifs is 4. The molecule has 1 nitrogen and oxygen atoms in total. The summed E-state index contributed by atoms with van der Waals surface area (Å²) < 4.78 is 0. The zero-order valence-corrected chi connectivity index (χ0v) is 23.2. The van der Waals surface area contributed by atoms with Crippen LogP contribution < -0.4 is 4.90 Å². The first-order valence-electron chi connectivity index (χ1n) is 13.9. The second-order valence-electron chi connectivity index (χ2n) is 10.4. The van der Waals surface area contributed by atoms with Crippen LogP contribution in [0.3, 0.4) is 0 Å². The molecule has 0 bridgehead atoms. The SMILES string of the molecule is CCC1(CC)c2cc(-c3cccs3)ccc2-c2ccc(N(c3ccccc3)c3cccc4ccccc34)cc21. The molecule has 2 heteroatoms. The lowest BCUT2D eigenvalue weighted by atomic mass is 9.73. The van der Waals surface area contributed by atoms with Crippen LogP contribution in [0, 0.1) is 0 Å². The Morgan fingerprint density at radius 3 is 2.10 bits per heavy atom. The maximum atomic E-state index is 2.47. The zero-order valence-electron chi connectivity index (χ0n) is 22.4. The van der Waals surface area contributed by atoms with E-state index in [1.807, 2.05) is 11.3 Å². The predicted octanol–water partition coefficient (Wildman–Crippen LogP) is 11.1. The van der Waals surface area contributed by atoms with Gasteiger partial charge in [0, 0.05) is 27.1 Å². The van der Waals surface area contributed by atoms with Crippen LogP contribution in [0.25, 0.3) is 32.3 Å². The van der Waals surface area contributed by atoms with Crippen LogP contribution in [0.2, 0.25) is 0 Å². The number of hydrogen-bond acceptors (Lipinski definition) is 2. The average Bonchev–Trinajstić information content (AvgIpc) is 3.63. The fraction of sp³-hybridized carbons (Fsp3) is 0.135. The van der Waals surface area contributed by atoms with E-state index in [1.54, 1.807) is 0 Å². The predicted molar refractivity (Wildman–Crippen MR) is 169 cm³/mol. The lowest BCUT2D eigenvalue weighted by molar-refractivity contribution is 0.490. The molecule has 0 atom stereocenters. The summed E-state index contributed by atoms with van der Waals surface area (Å²) in [6.07, 6.45) is 2.14. The molecule has 0 fully saturated rings. The van der Waals surface area contributed by atoms with Crippen molar-refractivity contribution < 1.29 is 0 Å². The highest BCUT2D eigenvalue weighted by atomic mass is 32.1. The second-order valence-corrected chi connectivity index (χ2v) is 11.4. The Morgan fingerprint density at radius 2 is 1.33 bits per heavy atom. The number of rotatable bonds is 6. The Labute approximate surface area is 235 Å². The molecule has 0 aliphatic heterocycles. The van der Waals surface area contributed by atoms with Crippen molar-refractivity contribution >= 4 is 39.2 Å². The molecule has 1 heterocycles. The van der Waals surface area contributed by atoms with Gasteiger partial charge in [-0.1, -0.05) is 92.7 Å². The van der Waals surface area contributed by atoms with Crippen molar-refractivity contribution in [1.82, 2.24) is 0 Å². The van der Waals surface area contributed by atoms with Gasteiger partial charge >= 0.3 is 0 Å². The van der Waals surface area contributed by atoms with Crippen LogP contribution >= 0.6 is 11.3 Å². The van der Waals surface area contributed by atoms with Crippen LogP contribution in [0.15, 0.2) is 127 Å². The largest absolute Gasteiger partial charge is 0.310 e. The van der Waals surface area contributed by atoms with E-state index in [2.05, 4.69) is 145 Å². The van der Waals surface area contributed by atoms with Gasteiger partial charge in [0.1, 0.15) is 0 Å². The molecule has 0 amide bonds. The molecule has 0 spiro atoms. The van der Waals surface area contributed by atoms with Gasteiger partial charge in [0.05, 0.1) is 5.69 Å². The van der Waals surface area contributed by atoms with Crippen molar-refractivity contribution in [1.29, 1.82) is 0 Å². The van der Waals surface area contributed by atoms with Crippen LogP contribution in [-0.2, 0) is 5.41 Å². The smallest absolute Gasteiger partial charge is 0.0540 e. The van der Waals surface area contributed by atoms with Crippen molar-refractivity contribution in [2.75, 3.05) is 4.90 Å². The molecule has 1 aliphatic rings. The summed E-state index contributed by atoms with van der Waals surface area (Å²) in [5, 5.41) is 4.68. The minimum Gasteiger partial charge on any atom is -0.310 e. The van der Waals surface area contributed by atoms with Crippen LogP contribution in [0.4, 0.5) is 17.1 Å². The Bertz CT molecular complexity index is 1770. The highest BCUT2D eigenvalue weighted by molar-refractivity contribution is 7.13. The molecule has 0 unspecified atom stereocenters. The van der Waals surface area contributed by atoms with Crippen LogP contribution in [-0.4, -0.2) is 0 Å². The average molecular weight is 522 g/mol. The topological polar surface area (TPSA) is 3.24 Å². The fourth-order valence-corrected chi connectivity index (χ4v) is 7.36. The van der Waals surface area contributed by atoms with Gasteiger partial charge < -0.3 is 4.90 Å². The molecular formula is C37H31NS. The summed E-state index contributed by atoms with van der Waals surface area (Å²) in [5.74, 6) is 0. The molecule has 0 saturated carbocycles. The Hall–Kier alpha value is -4.14. The maximum absolute atomic E-state index is 2.47. The Kier molecular flexibility index (Phi) is 5.86. The first-order chi connectivity index (χ1) is 19.2. The number of benzene rings is 5. The zero-order chi connectivity index (χ0) is 26.4. The molecule has 0 saturated heterocycles. The summed E-state index contributed by atoms with van der Waals surface area (Å²) >= 11 is 1.82. The minimum absolute atomic E-state index is 0.00490. The van der Waals surface area contributed by atoms with E-state index >= 15 is 0 Å². The third-order valence-corrected chi connectivity index (χ3v) is 9.56. The molecular weight excluding hydrogens is 490 g/mol. The first-order valence-corrected chi connectivity index (χ1v) is 14.8. The van der Waals surface area contributed by atoms with Gasteiger partial charge in [-0.05, 0) is 93.9 Å². The summed E-state index contributed by atoms with van der Waals surface area (Å²) in [6, 6.07) is 44.7.